The Morgan fingerprint density at radius 3 is 1.77 bits per heavy atom. The molecule has 0 radical (unpaired) electrons. The van der Waals surface area contributed by atoms with E-state index in [4.69, 9.17) is 0 Å². The molecule has 2 nitrogen and oxygen atoms in total. The first-order valence-corrected chi connectivity index (χ1v) is 8.26. The van der Waals surface area contributed by atoms with Crippen LogP contribution in [0.5, 0.6) is 0 Å². The van der Waals surface area contributed by atoms with Gasteiger partial charge in [-0.3, -0.25) is 4.90 Å². The lowest BCUT2D eigenvalue weighted by molar-refractivity contribution is 0.190. The van der Waals surface area contributed by atoms with Crippen molar-refractivity contribution in [2.45, 2.75) is 39.4 Å². The van der Waals surface area contributed by atoms with E-state index in [0.29, 0.717) is 6.04 Å². The number of nitrogens with zero attached hydrogens (tertiary/aromatic N) is 1. The molecule has 1 fully saturated rings. The van der Waals surface area contributed by atoms with Gasteiger partial charge in [-0.05, 0) is 37.9 Å². The summed E-state index contributed by atoms with van der Waals surface area (Å²) in [5, 5.41) is 3.50. The number of aryl methyl sites for hydroxylation is 2. The lowest BCUT2D eigenvalue weighted by Crippen LogP contribution is -2.35. The molecule has 22 heavy (non-hydrogen) atoms. The monoisotopic (exact) mass is 294 g/mol. The molecule has 0 aromatic heterocycles. The minimum absolute atomic E-state index is 0.641. The van der Waals surface area contributed by atoms with Gasteiger partial charge in [0, 0.05) is 25.7 Å². The lowest BCUT2D eigenvalue weighted by Gasteiger charge is -2.28. The second-order valence-electron chi connectivity index (χ2n) is 6.52. The van der Waals surface area contributed by atoms with Gasteiger partial charge in [-0.1, -0.05) is 59.7 Å². The minimum Gasteiger partial charge on any atom is -0.315 e. The zero-order valence-electron chi connectivity index (χ0n) is 13.7. The molecule has 1 aliphatic heterocycles. The molecule has 1 aliphatic rings. The number of hydrogen-bond donors (Lipinski definition) is 1. The number of benzene rings is 2. The second kappa shape index (κ2) is 7.08. The van der Waals surface area contributed by atoms with Gasteiger partial charge in [0.25, 0.3) is 0 Å². The topological polar surface area (TPSA) is 15.3 Å². The van der Waals surface area contributed by atoms with Crippen LogP contribution in [0, 0.1) is 13.8 Å². The molecule has 3 rings (SSSR count). The Hall–Kier alpha value is -1.64. The lowest BCUT2D eigenvalue weighted by atomic mass is 10.1. The van der Waals surface area contributed by atoms with Gasteiger partial charge >= 0.3 is 0 Å². The van der Waals surface area contributed by atoms with Gasteiger partial charge in [0.15, 0.2) is 0 Å². The maximum Gasteiger partial charge on any atom is 0.0240 e. The first-order valence-electron chi connectivity index (χ1n) is 8.26. The van der Waals surface area contributed by atoms with Crippen LogP contribution >= 0.6 is 0 Å². The van der Waals surface area contributed by atoms with Crippen molar-refractivity contribution in [1.29, 1.82) is 0 Å². The third-order valence-corrected chi connectivity index (χ3v) is 4.56. The molecule has 116 valence electrons. The van der Waals surface area contributed by atoms with Crippen LogP contribution in [0.2, 0.25) is 0 Å². The Labute approximate surface area is 134 Å². The molecule has 0 saturated carbocycles. The highest BCUT2D eigenvalue weighted by atomic mass is 15.2. The van der Waals surface area contributed by atoms with Crippen molar-refractivity contribution in [3.05, 3.63) is 70.8 Å². The molecule has 0 aliphatic carbocycles. The van der Waals surface area contributed by atoms with Crippen LogP contribution < -0.4 is 5.32 Å². The molecule has 2 heteroatoms. The maximum atomic E-state index is 3.50. The highest BCUT2D eigenvalue weighted by molar-refractivity contribution is 5.23. The van der Waals surface area contributed by atoms with Crippen molar-refractivity contribution in [1.82, 2.24) is 10.2 Å². The summed E-state index contributed by atoms with van der Waals surface area (Å²) in [4.78, 5) is 2.62. The molecular weight excluding hydrogens is 268 g/mol. The first-order chi connectivity index (χ1) is 10.7. The minimum atomic E-state index is 0.641. The molecule has 1 N–H and O–H groups in total. The van der Waals surface area contributed by atoms with Crippen LogP contribution in [0.1, 0.15) is 28.7 Å². The van der Waals surface area contributed by atoms with Crippen LogP contribution in [0.25, 0.3) is 0 Å². The van der Waals surface area contributed by atoms with Crippen molar-refractivity contribution in [2.75, 3.05) is 13.1 Å². The number of rotatable bonds is 5. The number of nitrogens with one attached hydrogen (secondary N) is 1. The molecule has 0 unspecified atom stereocenters. The van der Waals surface area contributed by atoms with E-state index in [1.165, 1.54) is 28.7 Å². The van der Waals surface area contributed by atoms with E-state index in [9.17, 15) is 0 Å². The van der Waals surface area contributed by atoms with Crippen molar-refractivity contribution in [3.8, 4) is 0 Å². The standard InChI is InChI=1S/C20H26N2/c1-16-3-7-18(8-4-16)14-22(20-11-12-21-13-20)15-19-9-5-17(2)6-10-19/h3-10,20-21H,11-15H2,1-2H3/t20-/m0/s1. The Kier molecular flexibility index (Phi) is 4.91. The second-order valence-corrected chi connectivity index (χ2v) is 6.52. The van der Waals surface area contributed by atoms with Crippen molar-refractivity contribution in [2.24, 2.45) is 0 Å². The van der Waals surface area contributed by atoms with Crippen LogP contribution in [-0.4, -0.2) is 24.0 Å². The summed E-state index contributed by atoms with van der Waals surface area (Å²) in [6.07, 6.45) is 1.25. The highest BCUT2D eigenvalue weighted by Gasteiger charge is 2.22. The summed E-state index contributed by atoms with van der Waals surface area (Å²) in [7, 11) is 0. The fourth-order valence-electron chi connectivity index (χ4n) is 3.12. The summed E-state index contributed by atoms with van der Waals surface area (Å²) in [5.74, 6) is 0. The SMILES string of the molecule is Cc1ccc(CN(Cc2ccc(C)cc2)[C@H]2CCNC2)cc1. The van der Waals surface area contributed by atoms with E-state index in [2.05, 4.69) is 72.6 Å². The van der Waals surface area contributed by atoms with E-state index in [1.807, 2.05) is 0 Å². The van der Waals surface area contributed by atoms with E-state index in [1.54, 1.807) is 0 Å². The van der Waals surface area contributed by atoms with E-state index >= 15 is 0 Å². The van der Waals surface area contributed by atoms with E-state index in [-0.39, 0.29) is 0 Å². The molecule has 1 saturated heterocycles. The zero-order valence-corrected chi connectivity index (χ0v) is 13.7. The van der Waals surface area contributed by atoms with E-state index < -0.39 is 0 Å². The van der Waals surface area contributed by atoms with Crippen molar-refractivity contribution in [3.63, 3.8) is 0 Å². The van der Waals surface area contributed by atoms with Gasteiger partial charge in [-0.15, -0.1) is 0 Å². The first kappa shape index (κ1) is 15.3. The zero-order chi connectivity index (χ0) is 15.4. The molecule has 1 atom stereocenters. The fourth-order valence-corrected chi connectivity index (χ4v) is 3.12. The van der Waals surface area contributed by atoms with Gasteiger partial charge < -0.3 is 5.32 Å². The van der Waals surface area contributed by atoms with Gasteiger partial charge in [0.2, 0.25) is 0 Å². The molecule has 0 spiro atoms. The average Bonchev–Trinajstić information content (AvgIpc) is 3.05. The summed E-state index contributed by atoms with van der Waals surface area (Å²) >= 11 is 0. The summed E-state index contributed by atoms with van der Waals surface area (Å²) in [5.41, 5.74) is 5.47. The van der Waals surface area contributed by atoms with Crippen molar-refractivity contribution >= 4 is 0 Å². The van der Waals surface area contributed by atoms with Crippen molar-refractivity contribution < 1.29 is 0 Å². The average molecular weight is 294 g/mol. The predicted molar refractivity (Wildman–Crippen MR) is 92.9 cm³/mol. The Balaban J connectivity index is 1.74. The molecule has 0 amide bonds. The van der Waals surface area contributed by atoms with Gasteiger partial charge in [0.1, 0.15) is 0 Å². The predicted octanol–water partition coefficient (Wildman–Crippen LogP) is 3.67. The molecule has 2 aromatic carbocycles. The summed E-state index contributed by atoms with van der Waals surface area (Å²) in [6.45, 7) is 8.60. The van der Waals surface area contributed by atoms with Gasteiger partial charge in [0.05, 0.1) is 0 Å². The Bertz CT molecular complexity index is 533. The fraction of sp³-hybridized carbons (Fsp3) is 0.400. The van der Waals surface area contributed by atoms with Crippen LogP contribution in [0.4, 0.5) is 0 Å². The van der Waals surface area contributed by atoms with Crippen LogP contribution in [0.15, 0.2) is 48.5 Å². The Morgan fingerprint density at radius 2 is 1.36 bits per heavy atom. The molecule has 2 aromatic rings. The van der Waals surface area contributed by atoms with E-state index in [0.717, 1.165) is 26.2 Å². The highest BCUT2D eigenvalue weighted by Crippen LogP contribution is 2.18. The van der Waals surface area contributed by atoms with Gasteiger partial charge in [-0.25, -0.2) is 0 Å². The van der Waals surface area contributed by atoms with Gasteiger partial charge in [-0.2, -0.15) is 0 Å². The molecule has 1 heterocycles. The summed E-state index contributed by atoms with van der Waals surface area (Å²) in [6, 6.07) is 18.6. The third kappa shape index (κ3) is 3.96. The quantitative estimate of drug-likeness (QED) is 0.905. The third-order valence-electron chi connectivity index (χ3n) is 4.56. The normalized spacial score (nSPS) is 18.0. The summed E-state index contributed by atoms with van der Waals surface area (Å²) < 4.78 is 0. The van der Waals surface area contributed by atoms with Crippen LogP contribution in [0.3, 0.4) is 0 Å². The smallest absolute Gasteiger partial charge is 0.0240 e. The number of hydrogen-bond acceptors (Lipinski definition) is 2. The maximum absolute atomic E-state index is 3.50. The Morgan fingerprint density at radius 1 is 0.864 bits per heavy atom. The van der Waals surface area contributed by atoms with Crippen LogP contribution in [-0.2, 0) is 13.1 Å². The molecular formula is C20H26N2. The molecule has 0 bridgehead atoms. The largest absolute Gasteiger partial charge is 0.315 e.